The third kappa shape index (κ3) is 1.88. The minimum Gasteiger partial charge on any atom is -0.379 e. The zero-order chi connectivity index (χ0) is 10.7. The molecule has 0 aromatic carbocycles. The molecule has 0 radical (unpaired) electrons. The first-order valence-electron chi connectivity index (χ1n) is 3.94. The predicted octanol–water partition coefficient (Wildman–Crippen LogP) is -0.306. The van der Waals surface area contributed by atoms with Gasteiger partial charge in [-0.15, -0.1) is 0 Å². The molecule has 3 N–H and O–H groups in total. The summed E-state index contributed by atoms with van der Waals surface area (Å²) in [5.41, 5.74) is 5.23. The van der Waals surface area contributed by atoms with E-state index in [9.17, 15) is 4.79 Å². The summed E-state index contributed by atoms with van der Waals surface area (Å²) in [5, 5.41) is 8.98. The zero-order valence-corrected chi connectivity index (χ0v) is 7.41. The van der Waals surface area contributed by atoms with Crippen molar-refractivity contribution in [3.8, 4) is 0 Å². The fraction of sp³-hybridized carbons (Fsp3) is 0. The van der Waals surface area contributed by atoms with Crippen molar-refractivity contribution in [3.63, 3.8) is 0 Å². The Morgan fingerprint density at radius 1 is 1.33 bits per heavy atom. The fourth-order valence-corrected chi connectivity index (χ4v) is 0.877. The van der Waals surface area contributed by atoms with Gasteiger partial charge in [0.05, 0.1) is 0 Å². The summed E-state index contributed by atoms with van der Waals surface area (Å²) in [6.45, 7) is 0. The van der Waals surface area contributed by atoms with Gasteiger partial charge in [-0.05, 0) is 16.4 Å². The molecule has 1 amide bonds. The maximum absolute atomic E-state index is 11.5. The first-order valence-corrected chi connectivity index (χ1v) is 3.94. The van der Waals surface area contributed by atoms with E-state index in [1.54, 1.807) is 6.07 Å². The van der Waals surface area contributed by atoms with Gasteiger partial charge in [0.1, 0.15) is 0 Å². The number of anilines is 2. The Balaban J connectivity index is 2.15. The molecule has 0 bridgehead atoms. The fourth-order valence-electron chi connectivity index (χ4n) is 0.877. The Hall–Kier alpha value is -2.51. The van der Waals surface area contributed by atoms with Crippen LogP contribution in [0, 0.1) is 0 Å². The highest BCUT2D eigenvalue weighted by atomic mass is 16.6. The average Bonchev–Trinajstić information content (AvgIpc) is 2.66. The number of rotatable bonds is 2. The Morgan fingerprint density at radius 3 is 2.67 bits per heavy atom. The van der Waals surface area contributed by atoms with Gasteiger partial charge in [0.25, 0.3) is 5.91 Å². The van der Waals surface area contributed by atoms with Crippen molar-refractivity contribution < 1.29 is 9.42 Å². The monoisotopic (exact) mass is 206 g/mol. The van der Waals surface area contributed by atoms with Crippen LogP contribution in [0.1, 0.15) is 10.5 Å². The van der Waals surface area contributed by atoms with Crippen LogP contribution in [0.2, 0.25) is 0 Å². The van der Waals surface area contributed by atoms with Crippen LogP contribution in [-0.4, -0.2) is 26.2 Å². The first-order chi connectivity index (χ1) is 7.27. The van der Waals surface area contributed by atoms with Gasteiger partial charge in [-0.3, -0.25) is 10.1 Å². The third-order valence-corrected chi connectivity index (χ3v) is 1.52. The first kappa shape index (κ1) is 9.06. The minimum absolute atomic E-state index is 0.0802. The van der Waals surface area contributed by atoms with Gasteiger partial charge in [-0.25, -0.2) is 14.6 Å². The number of amides is 1. The standard InChI is InChI=1S/C7H6N6O2/c8-5-4(12-15-13-5)6(14)11-7-9-2-1-3-10-7/h1-3H,(H2,8,13)(H,9,10,11,14). The molecular formula is C7H6N6O2. The number of carbonyl (C=O) groups is 1. The summed E-state index contributed by atoms with van der Waals surface area (Å²) < 4.78 is 4.28. The number of nitrogens with one attached hydrogen (secondary N) is 1. The highest BCUT2D eigenvalue weighted by Crippen LogP contribution is 2.06. The number of nitrogens with zero attached hydrogens (tertiary/aromatic N) is 4. The number of carbonyl (C=O) groups excluding carboxylic acids is 1. The van der Waals surface area contributed by atoms with Gasteiger partial charge in [0, 0.05) is 12.4 Å². The summed E-state index contributed by atoms with van der Waals surface area (Å²) in [5.74, 6) is -0.492. The molecule has 0 unspecified atom stereocenters. The minimum atomic E-state index is -0.569. The molecule has 0 aliphatic heterocycles. The zero-order valence-electron chi connectivity index (χ0n) is 7.41. The molecule has 2 heterocycles. The highest BCUT2D eigenvalue weighted by Gasteiger charge is 2.16. The maximum Gasteiger partial charge on any atom is 0.284 e. The lowest BCUT2D eigenvalue weighted by atomic mass is 10.4. The second-order valence-electron chi connectivity index (χ2n) is 2.52. The molecule has 76 valence electrons. The average molecular weight is 206 g/mol. The molecule has 0 fully saturated rings. The van der Waals surface area contributed by atoms with Crippen LogP contribution in [0.15, 0.2) is 23.1 Å². The van der Waals surface area contributed by atoms with Crippen molar-refractivity contribution in [2.45, 2.75) is 0 Å². The van der Waals surface area contributed by atoms with Crippen molar-refractivity contribution >= 4 is 17.7 Å². The van der Waals surface area contributed by atoms with E-state index in [2.05, 4.69) is 30.2 Å². The molecule has 0 saturated heterocycles. The van der Waals surface area contributed by atoms with Crippen LogP contribution in [0.25, 0.3) is 0 Å². The molecule has 2 rings (SSSR count). The molecular weight excluding hydrogens is 200 g/mol. The number of nitrogens with two attached hydrogens (primary N) is 1. The van der Waals surface area contributed by atoms with E-state index in [1.807, 2.05) is 0 Å². The normalized spacial score (nSPS) is 9.87. The molecule has 0 atom stereocenters. The van der Waals surface area contributed by atoms with E-state index in [1.165, 1.54) is 12.4 Å². The maximum atomic E-state index is 11.5. The topological polar surface area (TPSA) is 120 Å². The number of nitrogen functional groups attached to an aromatic ring is 1. The van der Waals surface area contributed by atoms with Crippen LogP contribution in [0.4, 0.5) is 11.8 Å². The van der Waals surface area contributed by atoms with E-state index in [0.717, 1.165) is 0 Å². The summed E-state index contributed by atoms with van der Waals surface area (Å²) >= 11 is 0. The van der Waals surface area contributed by atoms with E-state index in [4.69, 9.17) is 5.73 Å². The number of hydrogen-bond acceptors (Lipinski definition) is 7. The van der Waals surface area contributed by atoms with E-state index < -0.39 is 5.91 Å². The Morgan fingerprint density at radius 2 is 2.07 bits per heavy atom. The van der Waals surface area contributed by atoms with Crippen LogP contribution in [-0.2, 0) is 0 Å². The number of aromatic nitrogens is 4. The molecule has 0 saturated carbocycles. The molecule has 2 aromatic rings. The van der Waals surface area contributed by atoms with E-state index >= 15 is 0 Å². The summed E-state index contributed by atoms with van der Waals surface area (Å²) in [7, 11) is 0. The quantitative estimate of drug-likeness (QED) is 0.691. The Bertz CT molecular complexity index is 467. The van der Waals surface area contributed by atoms with Crippen LogP contribution in [0.5, 0.6) is 0 Å². The molecule has 0 aliphatic rings. The summed E-state index contributed by atoms with van der Waals surface area (Å²) in [6.07, 6.45) is 2.99. The van der Waals surface area contributed by atoms with Crippen molar-refractivity contribution in [1.82, 2.24) is 20.3 Å². The van der Waals surface area contributed by atoms with Gasteiger partial charge in [-0.1, -0.05) is 0 Å². The van der Waals surface area contributed by atoms with Crippen molar-refractivity contribution in [2.24, 2.45) is 0 Å². The molecule has 0 spiro atoms. The lowest BCUT2D eigenvalue weighted by molar-refractivity contribution is 0.101. The van der Waals surface area contributed by atoms with E-state index in [0.29, 0.717) is 0 Å². The van der Waals surface area contributed by atoms with Crippen molar-refractivity contribution in [3.05, 3.63) is 24.2 Å². The van der Waals surface area contributed by atoms with Gasteiger partial charge in [-0.2, -0.15) is 0 Å². The third-order valence-electron chi connectivity index (χ3n) is 1.52. The van der Waals surface area contributed by atoms with Crippen LogP contribution < -0.4 is 11.1 Å². The van der Waals surface area contributed by atoms with Crippen molar-refractivity contribution in [1.29, 1.82) is 0 Å². The van der Waals surface area contributed by atoms with Gasteiger partial charge in [0.15, 0.2) is 0 Å². The van der Waals surface area contributed by atoms with Crippen molar-refractivity contribution in [2.75, 3.05) is 11.1 Å². The lowest BCUT2D eigenvalue weighted by Gasteiger charge is -1.98. The molecule has 2 aromatic heterocycles. The highest BCUT2D eigenvalue weighted by molar-refractivity contribution is 6.04. The Labute approximate surface area is 83.5 Å². The molecule has 15 heavy (non-hydrogen) atoms. The van der Waals surface area contributed by atoms with Crippen LogP contribution >= 0.6 is 0 Å². The van der Waals surface area contributed by atoms with E-state index in [-0.39, 0.29) is 17.5 Å². The largest absolute Gasteiger partial charge is 0.379 e. The number of hydrogen-bond donors (Lipinski definition) is 2. The SMILES string of the molecule is Nc1nonc1C(=O)Nc1ncccn1. The molecule has 8 nitrogen and oxygen atoms in total. The summed E-state index contributed by atoms with van der Waals surface area (Å²) in [4.78, 5) is 19.1. The molecule has 0 aliphatic carbocycles. The van der Waals surface area contributed by atoms with Gasteiger partial charge < -0.3 is 5.73 Å². The summed E-state index contributed by atoms with van der Waals surface area (Å²) in [6, 6.07) is 1.63. The van der Waals surface area contributed by atoms with Crippen LogP contribution in [0.3, 0.4) is 0 Å². The van der Waals surface area contributed by atoms with Gasteiger partial charge >= 0.3 is 0 Å². The lowest BCUT2D eigenvalue weighted by Crippen LogP contribution is -2.15. The van der Waals surface area contributed by atoms with Gasteiger partial charge in [0.2, 0.25) is 17.5 Å². The predicted molar refractivity (Wildman–Crippen MR) is 48.7 cm³/mol. The second-order valence-corrected chi connectivity index (χ2v) is 2.52. The second kappa shape index (κ2) is 3.70. The smallest absolute Gasteiger partial charge is 0.284 e. The Kier molecular flexibility index (Phi) is 2.23. The molecule has 8 heteroatoms.